The summed E-state index contributed by atoms with van der Waals surface area (Å²) in [5.74, 6) is -0.409. The van der Waals surface area contributed by atoms with E-state index in [1.54, 1.807) is 38.1 Å². The maximum absolute atomic E-state index is 13.4. The molecule has 3 nitrogen and oxygen atoms in total. The number of nitrogens with zero attached hydrogens (tertiary/aromatic N) is 1. The van der Waals surface area contributed by atoms with E-state index in [0.717, 1.165) is 5.01 Å². The first-order chi connectivity index (χ1) is 9.61. The highest BCUT2D eigenvalue weighted by molar-refractivity contribution is 6.31. The molecule has 0 saturated carbocycles. The third-order valence-electron chi connectivity index (χ3n) is 3.55. The van der Waals surface area contributed by atoms with Gasteiger partial charge in [-0.05, 0) is 25.5 Å². The number of alkyl halides is 3. The molecule has 1 aromatic carbocycles. The fourth-order valence-corrected chi connectivity index (χ4v) is 2.74. The van der Waals surface area contributed by atoms with E-state index < -0.39 is 23.7 Å². The van der Waals surface area contributed by atoms with Crippen LogP contribution in [0.3, 0.4) is 0 Å². The number of rotatable bonds is 3. The Morgan fingerprint density at radius 3 is 2.48 bits per heavy atom. The Morgan fingerprint density at radius 1 is 1.38 bits per heavy atom. The molecule has 1 atom stereocenters. The zero-order valence-electron chi connectivity index (χ0n) is 11.7. The second-order valence-corrected chi connectivity index (χ2v) is 6.15. The number of nitrogens with one attached hydrogen (secondary N) is 1. The summed E-state index contributed by atoms with van der Waals surface area (Å²) in [6, 6.07) is 4.60. The number of hydrogen-bond acceptors (Lipinski definition) is 2. The van der Waals surface area contributed by atoms with E-state index in [2.05, 4.69) is 5.43 Å². The Morgan fingerprint density at radius 2 is 2.00 bits per heavy atom. The van der Waals surface area contributed by atoms with E-state index in [9.17, 15) is 18.0 Å². The lowest BCUT2D eigenvalue weighted by Gasteiger charge is -2.37. The Kier molecular flexibility index (Phi) is 4.22. The molecular weight excluding hydrogens is 305 g/mol. The van der Waals surface area contributed by atoms with Crippen LogP contribution in [0.15, 0.2) is 24.3 Å². The van der Waals surface area contributed by atoms with Crippen molar-refractivity contribution in [1.29, 1.82) is 0 Å². The van der Waals surface area contributed by atoms with E-state index in [4.69, 9.17) is 11.6 Å². The number of benzene rings is 1. The van der Waals surface area contributed by atoms with Crippen molar-refractivity contribution in [3.63, 3.8) is 0 Å². The molecule has 0 radical (unpaired) electrons. The predicted octanol–water partition coefficient (Wildman–Crippen LogP) is 3.33. The third-order valence-corrected chi connectivity index (χ3v) is 3.92. The van der Waals surface area contributed by atoms with Crippen molar-refractivity contribution in [3.05, 3.63) is 34.9 Å². The van der Waals surface area contributed by atoms with Gasteiger partial charge >= 0.3 is 6.18 Å². The van der Waals surface area contributed by atoms with Crippen molar-refractivity contribution in [1.82, 2.24) is 10.4 Å². The summed E-state index contributed by atoms with van der Waals surface area (Å²) in [6.45, 7) is 3.21. The molecule has 1 N–H and O–H groups in total. The lowest BCUT2D eigenvalue weighted by atomic mass is 9.97. The molecule has 1 aromatic rings. The number of hydrazine groups is 1. The summed E-state index contributed by atoms with van der Waals surface area (Å²) in [7, 11) is 0. The quantitative estimate of drug-likeness (QED) is 0.926. The van der Waals surface area contributed by atoms with Crippen molar-refractivity contribution in [2.75, 3.05) is 0 Å². The van der Waals surface area contributed by atoms with Gasteiger partial charge in [0.15, 0.2) is 0 Å². The van der Waals surface area contributed by atoms with Crippen LogP contribution in [0.5, 0.6) is 0 Å². The Balaban J connectivity index is 2.32. The average Bonchev–Trinajstić information content (AvgIpc) is 2.59. The van der Waals surface area contributed by atoms with Gasteiger partial charge in [-0.1, -0.05) is 29.8 Å². The summed E-state index contributed by atoms with van der Waals surface area (Å²) in [5.41, 5.74) is 1.82. The summed E-state index contributed by atoms with van der Waals surface area (Å²) in [4.78, 5) is 11.5. The van der Waals surface area contributed by atoms with Crippen molar-refractivity contribution in [3.8, 4) is 0 Å². The molecule has 1 aliphatic heterocycles. The minimum Gasteiger partial charge on any atom is -0.288 e. The third kappa shape index (κ3) is 3.49. The zero-order chi connectivity index (χ0) is 15.8. The molecule has 0 aliphatic carbocycles. The Bertz CT molecular complexity index is 545. The SMILES string of the molecule is CC1(C)CC(=O)NN1[C@@H](Cc1ccccc1Cl)C(F)(F)F. The van der Waals surface area contributed by atoms with Gasteiger partial charge < -0.3 is 0 Å². The van der Waals surface area contributed by atoms with Crippen LogP contribution in [0, 0.1) is 0 Å². The van der Waals surface area contributed by atoms with Gasteiger partial charge in [0.05, 0.1) is 0 Å². The molecule has 0 unspecified atom stereocenters. The molecule has 1 amide bonds. The first kappa shape index (κ1) is 16.1. The van der Waals surface area contributed by atoms with Crippen LogP contribution in [0.2, 0.25) is 5.02 Å². The monoisotopic (exact) mass is 320 g/mol. The second kappa shape index (κ2) is 5.50. The molecule has 1 saturated heterocycles. The topological polar surface area (TPSA) is 32.3 Å². The van der Waals surface area contributed by atoms with E-state index in [1.807, 2.05) is 0 Å². The fraction of sp³-hybridized carbons (Fsp3) is 0.500. The van der Waals surface area contributed by atoms with Gasteiger partial charge in [-0.3, -0.25) is 10.2 Å². The van der Waals surface area contributed by atoms with Crippen LogP contribution < -0.4 is 5.43 Å². The summed E-state index contributed by atoms with van der Waals surface area (Å²) in [6.07, 6.45) is -4.76. The number of halogens is 4. The van der Waals surface area contributed by atoms with Crippen molar-refractivity contribution in [2.24, 2.45) is 0 Å². The highest BCUT2D eigenvalue weighted by Gasteiger charge is 2.52. The Labute approximate surface area is 126 Å². The molecule has 7 heteroatoms. The largest absolute Gasteiger partial charge is 0.406 e. The van der Waals surface area contributed by atoms with Crippen LogP contribution in [0.1, 0.15) is 25.8 Å². The molecule has 0 aromatic heterocycles. The standard InChI is InChI=1S/C14H16ClF3N2O/c1-13(2)8-12(21)19-20(13)11(14(16,17)18)7-9-5-3-4-6-10(9)15/h3-6,11H,7-8H2,1-2H3,(H,19,21)/t11-/m0/s1. The van der Waals surface area contributed by atoms with E-state index in [0.29, 0.717) is 5.56 Å². The van der Waals surface area contributed by atoms with Gasteiger partial charge in [-0.2, -0.15) is 13.2 Å². The van der Waals surface area contributed by atoms with Gasteiger partial charge in [-0.15, -0.1) is 0 Å². The number of amides is 1. The number of carbonyl (C=O) groups excluding carboxylic acids is 1. The van der Waals surface area contributed by atoms with Crippen LogP contribution >= 0.6 is 11.6 Å². The van der Waals surface area contributed by atoms with Crippen molar-refractivity contribution >= 4 is 17.5 Å². The lowest BCUT2D eigenvalue weighted by Crippen LogP contribution is -2.57. The first-order valence-corrected chi connectivity index (χ1v) is 6.88. The highest BCUT2D eigenvalue weighted by atomic mass is 35.5. The summed E-state index contributed by atoms with van der Waals surface area (Å²) < 4.78 is 40.3. The molecule has 2 rings (SSSR count). The highest BCUT2D eigenvalue weighted by Crippen LogP contribution is 2.35. The van der Waals surface area contributed by atoms with Gasteiger partial charge in [-0.25, -0.2) is 5.01 Å². The van der Waals surface area contributed by atoms with Crippen LogP contribution in [-0.4, -0.2) is 28.7 Å². The van der Waals surface area contributed by atoms with Crippen LogP contribution in [-0.2, 0) is 11.2 Å². The Hall–Kier alpha value is -1.27. The fourth-order valence-electron chi connectivity index (χ4n) is 2.53. The summed E-state index contributed by atoms with van der Waals surface area (Å²) in [5, 5.41) is 1.29. The maximum atomic E-state index is 13.4. The van der Waals surface area contributed by atoms with Gasteiger partial charge in [0.2, 0.25) is 5.91 Å². The van der Waals surface area contributed by atoms with Crippen molar-refractivity contribution in [2.45, 2.75) is 44.4 Å². The molecule has 116 valence electrons. The summed E-state index contributed by atoms with van der Waals surface area (Å²) >= 11 is 5.95. The normalized spacial score (nSPS) is 20.4. The minimum atomic E-state index is -4.48. The molecule has 0 spiro atoms. The van der Waals surface area contributed by atoms with E-state index in [-0.39, 0.29) is 17.9 Å². The molecule has 1 fully saturated rings. The minimum absolute atomic E-state index is 0.0299. The van der Waals surface area contributed by atoms with Crippen LogP contribution in [0.25, 0.3) is 0 Å². The smallest absolute Gasteiger partial charge is 0.288 e. The number of hydrogen-bond donors (Lipinski definition) is 1. The zero-order valence-corrected chi connectivity index (χ0v) is 12.4. The average molecular weight is 321 g/mol. The van der Waals surface area contributed by atoms with Crippen LogP contribution in [0.4, 0.5) is 13.2 Å². The molecule has 0 bridgehead atoms. The first-order valence-electron chi connectivity index (χ1n) is 6.50. The molecule has 1 aliphatic rings. The van der Waals surface area contributed by atoms with Crippen molar-refractivity contribution < 1.29 is 18.0 Å². The number of carbonyl (C=O) groups is 1. The van der Waals surface area contributed by atoms with Gasteiger partial charge in [0.1, 0.15) is 6.04 Å². The van der Waals surface area contributed by atoms with Gasteiger partial charge in [0, 0.05) is 23.4 Å². The predicted molar refractivity (Wildman–Crippen MR) is 73.7 cm³/mol. The second-order valence-electron chi connectivity index (χ2n) is 5.75. The maximum Gasteiger partial charge on any atom is 0.406 e. The van der Waals surface area contributed by atoms with Gasteiger partial charge in [0.25, 0.3) is 0 Å². The molecular formula is C14H16ClF3N2O. The molecule has 1 heterocycles. The lowest BCUT2D eigenvalue weighted by molar-refractivity contribution is -0.200. The van der Waals surface area contributed by atoms with E-state index >= 15 is 0 Å². The van der Waals surface area contributed by atoms with E-state index in [1.165, 1.54) is 0 Å². The molecule has 21 heavy (non-hydrogen) atoms.